The highest BCUT2D eigenvalue weighted by Crippen LogP contribution is 1.66. The minimum atomic E-state index is 0.706. The van der Waals surface area contributed by atoms with Crippen LogP contribution in [0.2, 0.25) is 0 Å². The van der Waals surface area contributed by atoms with Gasteiger partial charge in [0.05, 0.1) is 0 Å². The summed E-state index contributed by atoms with van der Waals surface area (Å²) in [7, 11) is 0. The Labute approximate surface area is 106 Å². The van der Waals surface area contributed by atoms with Gasteiger partial charge >= 0.3 is 0 Å². The quantitative estimate of drug-likeness (QED) is 0.244. The predicted octanol–water partition coefficient (Wildman–Crippen LogP) is -0.745. The molecule has 0 unspecified atom stereocenters. The van der Waals surface area contributed by atoms with E-state index >= 15 is 0 Å². The summed E-state index contributed by atoms with van der Waals surface area (Å²) < 4.78 is 0. The van der Waals surface area contributed by atoms with Crippen molar-refractivity contribution in [3.63, 3.8) is 0 Å². The van der Waals surface area contributed by atoms with Crippen molar-refractivity contribution in [3.8, 4) is 0 Å². The van der Waals surface area contributed by atoms with Crippen LogP contribution in [0.4, 0.5) is 0 Å². The van der Waals surface area contributed by atoms with E-state index in [0.717, 1.165) is 45.7 Å². The Morgan fingerprint density at radius 3 is 1.35 bits per heavy atom. The fourth-order valence-electron chi connectivity index (χ4n) is 0.933. The lowest BCUT2D eigenvalue weighted by Crippen LogP contribution is -2.35. The summed E-state index contributed by atoms with van der Waals surface area (Å²) in [5, 5.41) is 9.71. The van der Waals surface area contributed by atoms with Crippen LogP contribution in [0.5, 0.6) is 0 Å². The van der Waals surface area contributed by atoms with Gasteiger partial charge in [-0.05, 0) is 6.42 Å². The Bertz CT molecular complexity index is 120. The van der Waals surface area contributed by atoms with Crippen LogP contribution in [-0.2, 0) is 0 Å². The number of hydrogen-bond acceptors (Lipinski definition) is 5. The normalized spacial score (nSPS) is 9.59. The monoisotopic (exact) mass is 245 g/mol. The number of nitrogens with one attached hydrogen (secondary N) is 3. The van der Waals surface area contributed by atoms with Gasteiger partial charge in [0, 0.05) is 52.4 Å². The van der Waals surface area contributed by atoms with Crippen molar-refractivity contribution in [2.24, 2.45) is 11.5 Å². The number of hydrogen-bond donors (Lipinski definition) is 5. The van der Waals surface area contributed by atoms with Crippen LogP contribution in [-0.4, -0.2) is 52.4 Å². The van der Waals surface area contributed by atoms with E-state index < -0.39 is 0 Å². The third kappa shape index (κ3) is 25.6. The molecule has 7 N–H and O–H groups in total. The van der Waals surface area contributed by atoms with E-state index in [1.54, 1.807) is 0 Å². The third-order valence-electron chi connectivity index (χ3n) is 1.89. The molecule has 0 atom stereocenters. The first kappa shape index (κ1) is 18.9. The van der Waals surface area contributed by atoms with Crippen molar-refractivity contribution in [1.29, 1.82) is 0 Å². The molecule has 0 saturated carbocycles. The third-order valence-corrected chi connectivity index (χ3v) is 1.89. The van der Waals surface area contributed by atoms with Crippen LogP contribution in [0.3, 0.4) is 0 Å². The number of nitrogens with two attached hydrogens (primary N) is 2. The number of rotatable bonds is 11. The van der Waals surface area contributed by atoms with E-state index in [9.17, 15) is 0 Å². The Morgan fingerprint density at radius 2 is 1.12 bits per heavy atom. The lowest BCUT2D eigenvalue weighted by molar-refractivity contribution is 0.586. The molecule has 0 fully saturated rings. The van der Waals surface area contributed by atoms with Gasteiger partial charge in [0.15, 0.2) is 0 Å². The predicted molar refractivity (Wildman–Crippen MR) is 77.2 cm³/mol. The highest BCUT2D eigenvalue weighted by Gasteiger charge is 1.87. The highest BCUT2D eigenvalue weighted by atomic mass is 15.0. The molecule has 0 spiro atoms. The van der Waals surface area contributed by atoms with Crippen LogP contribution < -0.4 is 27.4 Å². The van der Waals surface area contributed by atoms with Gasteiger partial charge in [-0.15, -0.1) is 6.58 Å². The molecule has 0 aromatic rings. The Hall–Kier alpha value is -0.460. The van der Waals surface area contributed by atoms with Gasteiger partial charge < -0.3 is 27.4 Å². The molecule has 0 rings (SSSR count). The number of allylic oxidation sites excluding steroid dienone is 1. The fraction of sp³-hybridized carbons (Fsp3) is 0.833. The summed E-state index contributed by atoms with van der Waals surface area (Å²) in [5.74, 6) is 0. The second-order valence-electron chi connectivity index (χ2n) is 3.52. The average Bonchev–Trinajstić information content (AvgIpc) is 2.37. The average molecular weight is 245 g/mol. The SMILES string of the molecule is C=CCC.NCCNCCNCCNCCN. The molecule has 0 saturated heterocycles. The molecule has 17 heavy (non-hydrogen) atoms. The van der Waals surface area contributed by atoms with Crippen LogP contribution in [0.1, 0.15) is 13.3 Å². The molecule has 0 aliphatic rings. The first-order valence-electron chi connectivity index (χ1n) is 6.46. The zero-order chi connectivity index (χ0) is 13.2. The van der Waals surface area contributed by atoms with Gasteiger partial charge in [-0.2, -0.15) is 0 Å². The summed E-state index contributed by atoms with van der Waals surface area (Å²) >= 11 is 0. The molecule has 5 nitrogen and oxygen atoms in total. The second kappa shape index (κ2) is 20.9. The molecule has 0 amide bonds. The van der Waals surface area contributed by atoms with Gasteiger partial charge in [-0.25, -0.2) is 0 Å². The molecule has 0 aliphatic carbocycles. The molecule has 5 heteroatoms. The minimum absolute atomic E-state index is 0.706. The lowest BCUT2D eigenvalue weighted by atomic mass is 10.5. The molecule has 0 bridgehead atoms. The van der Waals surface area contributed by atoms with Crippen LogP contribution >= 0.6 is 0 Å². The maximum absolute atomic E-state index is 5.32. The van der Waals surface area contributed by atoms with E-state index in [2.05, 4.69) is 29.5 Å². The maximum Gasteiger partial charge on any atom is 0.00772 e. The first-order chi connectivity index (χ1) is 8.33. The second-order valence-corrected chi connectivity index (χ2v) is 3.52. The summed E-state index contributed by atoms with van der Waals surface area (Å²) in [6.45, 7) is 12.7. The lowest BCUT2D eigenvalue weighted by Gasteiger charge is -2.06. The van der Waals surface area contributed by atoms with E-state index in [1.165, 1.54) is 0 Å². The Kier molecular flexibility index (Phi) is 23.2. The molecule has 0 aliphatic heterocycles. The van der Waals surface area contributed by atoms with Gasteiger partial charge in [-0.3, -0.25) is 0 Å². The van der Waals surface area contributed by atoms with E-state index in [-0.39, 0.29) is 0 Å². The van der Waals surface area contributed by atoms with Gasteiger partial charge in [0.2, 0.25) is 0 Å². The van der Waals surface area contributed by atoms with Crippen molar-refractivity contribution in [2.75, 3.05) is 52.4 Å². The Morgan fingerprint density at radius 1 is 0.824 bits per heavy atom. The molecular weight excluding hydrogens is 214 g/mol. The first-order valence-corrected chi connectivity index (χ1v) is 6.46. The fourth-order valence-corrected chi connectivity index (χ4v) is 0.933. The molecule has 0 aromatic heterocycles. The summed E-state index contributed by atoms with van der Waals surface area (Å²) in [4.78, 5) is 0. The summed E-state index contributed by atoms with van der Waals surface area (Å²) in [6.07, 6.45) is 2.96. The highest BCUT2D eigenvalue weighted by molar-refractivity contribution is 4.60. The smallest absolute Gasteiger partial charge is 0.00772 e. The zero-order valence-corrected chi connectivity index (χ0v) is 11.3. The van der Waals surface area contributed by atoms with Crippen LogP contribution in [0.25, 0.3) is 0 Å². The van der Waals surface area contributed by atoms with Gasteiger partial charge in [0.25, 0.3) is 0 Å². The standard InChI is InChI=1S/C8H23N5.C4H8/c9-1-3-11-5-7-13-8-6-12-4-2-10;1-3-4-2/h11-13H,1-10H2;3H,1,4H2,2H3. The van der Waals surface area contributed by atoms with Gasteiger partial charge in [-0.1, -0.05) is 13.0 Å². The summed E-state index contributed by atoms with van der Waals surface area (Å²) in [6, 6.07) is 0. The largest absolute Gasteiger partial charge is 0.329 e. The minimum Gasteiger partial charge on any atom is -0.329 e. The molecule has 0 aromatic carbocycles. The topological polar surface area (TPSA) is 88.1 Å². The maximum atomic E-state index is 5.32. The van der Waals surface area contributed by atoms with Crippen molar-refractivity contribution in [1.82, 2.24) is 16.0 Å². The van der Waals surface area contributed by atoms with Crippen molar-refractivity contribution in [3.05, 3.63) is 12.7 Å². The molecule has 0 radical (unpaired) electrons. The van der Waals surface area contributed by atoms with Gasteiger partial charge in [0.1, 0.15) is 0 Å². The van der Waals surface area contributed by atoms with E-state index in [0.29, 0.717) is 13.1 Å². The summed E-state index contributed by atoms with van der Waals surface area (Å²) in [5.41, 5.74) is 10.6. The molecular formula is C12H31N5. The molecule has 0 heterocycles. The molecule has 104 valence electrons. The van der Waals surface area contributed by atoms with Crippen molar-refractivity contribution < 1.29 is 0 Å². The van der Waals surface area contributed by atoms with E-state index in [4.69, 9.17) is 11.5 Å². The Balaban J connectivity index is 0. The van der Waals surface area contributed by atoms with E-state index in [1.807, 2.05) is 6.08 Å². The van der Waals surface area contributed by atoms with Crippen LogP contribution in [0.15, 0.2) is 12.7 Å². The van der Waals surface area contributed by atoms with Crippen LogP contribution in [0, 0.1) is 0 Å². The zero-order valence-electron chi connectivity index (χ0n) is 11.3. The van der Waals surface area contributed by atoms with Crippen molar-refractivity contribution in [2.45, 2.75) is 13.3 Å². The van der Waals surface area contributed by atoms with Crippen molar-refractivity contribution >= 4 is 0 Å².